The van der Waals surface area contributed by atoms with E-state index in [1.807, 2.05) is 30.3 Å². The van der Waals surface area contributed by atoms with Gasteiger partial charge in [0.25, 0.3) is 0 Å². The minimum absolute atomic E-state index is 0.220. The van der Waals surface area contributed by atoms with Crippen LogP contribution in [0, 0.1) is 0 Å². The quantitative estimate of drug-likeness (QED) is 0.636. The number of methoxy groups -OCH3 is 1. The summed E-state index contributed by atoms with van der Waals surface area (Å²) in [6, 6.07) is 8.55. The standard InChI is InChI=1S/C14H19NO3S/c1-14(2,19)12(13(17)18-3)15-11(16)9-10-7-5-4-6-8-10/h4-8,12,19H,9H2,1-3H3,(H,15,16). The molecule has 0 heterocycles. The van der Waals surface area contributed by atoms with Crippen LogP contribution in [0.1, 0.15) is 19.4 Å². The van der Waals surface area contributed by atoms with Crippen LogP contribution in [0.5, 0.6) is 0 Å². The third kappa shape index (κ3) is 4.95. The number of rotatable bonds is 5. The van der Waals surface area contributed by atoms with Crippen LogP contribution in [0.25, 0.3) is 0 Å². The number of benzene rings is 1. The molecule has 0 aromatic heterocycles. The van der Waals surface area contributed by atoms with Crippen molar-refractivity contribution in [2.24, 2.45) is 0 Å². The molecule has 19 heavy (non-hydrogen) atoms. The molecule has 0 saturated carbocycles. The Morgan fingerprint density at radius 1 is 1.32 bits per heavy atom. The van der Waals surface area contributed by atoms with E-state index in [2.05, 4.69) is 22.7 Å². The molecule has 4 nitrogen and oxygen atoms in total. The molecule has 0 bridgehead atoms. The molecule has 0 radical (unpaired) electrons. The first-order valence-corrected chi connectivity index (χ1v) is 6.43. The van der Waals surface area contributed by atoms with Crippen LogP contribution in [-0.4, -0.2) is 29.8 Å². The summed E-state index contributed by atoms with van der Waals surface area (Å²) in [5.74, 6) is -0.731. The highest BCUT2D eigenvalue weighted by atomic mass is 32.1. The Hall–Kier alpha value is -1.49. The molecular weight excluding hydrogens is 262 g/mol. The maximum absolute atomic E-state index is 11.9. The van der Waals surface area contributed by atoms with Crippen molar-refractivity contribution < 1.29 is 14.3 Å². The zero-order valence-corrected chi connectivity index (χ0v) is 12.2. The fourth-order valence-electron chi connectivity index (χ4n) is 1.64. The van der Waals surface area contributed by atoms with E-state index in [9.17, 15) is 9.59 Å². The van der Waals surface area contributed by atoms with Crippen molar-refractivity contribution in [1.29, 1.82) is 0 Å². The third-order valence-corrected chi connectivity index (χ3v) is 2.91. The molecule has 0 aliphatic heterocycles. The summed E-state index contributed by atoms with van der Waals surface area (Å²) in [7, 11) is 1.29. The summed E-state index contributed by atoms with van der Waals surface area (Å²) in [5.41, 5.74) is 0.889. The molecule has 1 N–H and O–H groups in total. The van der Waals surface area contributed by atoms with E-state index in [-0.39, 0.29) is 12.3 Å². The Bertz CT molecular complexity index is 440. The smallest absolute Gasteiger partial charge is 0.329 e. The van der Waals surface area contributed by atoms with E-state index < -0.39 is 16.8 Å². The van der Waals surface area contributed by atoms with Crippen molar-refractivity contribution in [3.8, 4) is 0 Å². The molecule has 1 amide bonds. The van der Waals surface area contributed by atoms with Gasteiger partial charge in [-0.15, -0.1) is 0 Å². The molecule has 1 rings (SSSR count). The molecule has 0 aliphatic rings. The minimum Gasteiger partial charge on any atom is -0.467 e. The second kappa shape index (κ2) is 6.61. The van der Waals surface area contributed by atoms with Gasteiger partial charge in [0.15, 0.2) is 0 Å². The van der Waals surface area contributed by atoms with Crippen LogP contribution in [-0.2, 0) is 20.7 Å². The second-order valence-electron chi connectivity index (χ2n) is 4.84. The van der Waals surface area contributed by atoms with Gasteiger partial charge >= 0.3 is 5.97 Å². The molecule has 1 aromatic rings. The molecule has 0 spiro atoms. The Balaban J connectivity index is 2.70. The monoisotopic (exact) mass is 281 g/mol. The highest BCUT2D eigenvalue weighted by molar-refractivity contribution is 7.81. The molecule has 0 aliphatic carbocycles. The zero-order valence-electron chi connectivity index (χ0n) is 11.3. The Kier molecular flexibility index (Phi) is 5.42. The van der Waals surface area contributed by atoms with Gasteiger partial charge in [-0.2, -0.15) is 12.6 Å². The van der Waals surface area contributed by atoms with E-state index in [0.717, 1.165) is 5.56 Å². The number of carbonyl (C=O) groups is 2. The van der Waals surface area contributed by atoms with Crippen LogP contribution in [0.15, 0.2) is 30.3 Å². The minimum atomic E-state index is -0.781. The summed E-state index contributed by atoms with van der Waals surface area (Å²) in [5, 5.41) is 2.67. The molecule has 0 saturated heterocycles. The lowest BCUT2D eigenvalue weighted by Gasteiger charge is -2.28. The number of hydrogen-bond acceptors (Lipinski definition) is 4. The number of esters is 1. The van der Waals surface area contributed by atoms with E-state index in [0.29, 0.717) is 0 Å². The lowest BCUT2D eigenvalue weighted by atomic mass is 10.0. The number of carbonyl (C=O) groups excluding carboxylic acids is 2. The predicted octanol–water partition coefficient (Wildman–Crippen LogP) is 1.60. The molecule has 1 atom stereocenters. The first-order valence-electron chi connectivity index (χ1n) is 5.98. The first-order chi connectivity index (χ1) is 8.84. The van der Waals surface area contributed by atoms with Crippen molar-refractivity contribution in [3.63, 3.8) is 0 Å². The zero-order chi connectivity index (χ0) is 14.5. The lowest BCUT2D eigenvalue weighted by Crippen LogP contribution is -2.52. The maximum Gasteiger partial charge on any atom is 0.329 e. The Labute approximate surface area is 118 Å². The predicted molar refractivity (Wildman–Crippen MR) is 77.2 cm³/mol. The number of hydrogen-bond donors (Lipinski definition) is 2. The van der Waals surface area contributed by atoms with Crippen LogP contribution in [0.4, 0.5) is 0 Å². The highest BCUT2D eigenvalue weighted by Gasteiger charge is 2.34. The highest BCUT2D eigenvalue weighted by Crippen LogP contribution is 2.18. The van der Waals surface area contributed by atoms with Gasteiger partial charge in [-0.3, -0.25) is 4.79 Å². The number of ether oxygens (including phenoxy) is 1. The summed E-state index contributed by atoms with van der Waals surface area (Å²) < 4.78 is 3.99. The summed E-state index contributed by atoms with van der Waals surface area (Å²) in [6.07, 6.45) is 0.220. The molecule has 1 aromatic carbocycles. The summed E-state index contributed by atoms with van der Waals surface area (Å²) in [6.45, 7) is 3.50. The van der Waals surface area contributed by atoms with Gasteiger partial charge in [0.2, 0.25) is 5.91 Å². The van der Waals surface area contributed by atoms with E-state index >= 15 is 0 Å². The first kappa shape index (κ1) is 15.6. The summed E-state index contributed by atoms with van der Waals surface area (Å²) in [4.78, 5) is 23.6. The average Bonchev–Trinajstić information content (AvgIpc) is 2.35. The number of nitrogens with one attached hydrogen (secondary N) is 1. The Morgan fingerprint density at radius 2 is 1.89 bits per heavy atom. The van der Waals surface area contributed by atoms with Crippen molar-refractivity contribution in [3.05, 3.63) is 35.9 Å². The van der Waals surface area contributed by atoms with Gasteiger partial charge in [0.05, 0.1) is 13.5 Å². The molecule has 104 valence electrons. The van der Waals surface area contributed by atoms with Crippen molar-refractivity contribution in [1.82, 2.24) is 5.32 Å². The second-order valence-corrected chi connectivity index (χ2v) is 5.99. The average molecular weight is 281 g/mol. The topological polar surface area (TPSA) is 55.4 Å². The molecular formula is C14H19NO3S. The van der Waals surface area contributed by atoms with Gasteiger partial charge in [0.1, 0.15) is 6.04 Å². The third-order valence-electron chi connectivity index (χ3n) is 2.66. The van der Waals surface area contributed by atoms with E-state index in [1.54, 1.807) is 13.8 Å². The van der Waals surface area contributed by atoms with Gasteiger partial charge in [-0.1, -0.05) is 30.3 Å². The molecule has 5 heteroatoms. The largest absolute Gasteiger partial charge is 0.467 e. The molecule has 1 unspecified atom stereocenters. The SMILES string of the molecule is COC(=O)C(NC(=O)Cc1ccccc1)C(C)(C)S. The number of thiol groups is 1. The van der Waals surface area contributed by atoms with Gasteiger partial charge < -0.3 is 10.1 Å². The molecule has 0 fully saturated rings. The van der Waals surface area contributed by atoms with Crippen molar-refractivity contribution in [2.45, 2.75) is 31.1 Å². The van der Waals surface area contributed by atoms with Crippen molar-refractivity contribution in [2.75, 3.05) is 7.11 Å². The fraction of sp³-hybridized carbons (Fsp3) is 0.429. The normalized spacial score (nSPS) is 12.6. The van der Waals surface area contributed by atoms with E-state index in [1.165, 1.54) is 7.11 Å². The van der Waals surface area contributed by atoms with Gasteiger partial charge in [-0.25, -0.2) is 4.79 Å². The summed E-state index contributed by atoms with van der Waals surface area (Å²) >= 11 is 4.33. The van der Waals surface area contributed by atoms with Gasteiger partial charge in [-0.05, 0) is 19.4 Å². The van der Waals surface area contributed by atoms with E-state index in [4.69, 9.17) is 0 Å². The number of amides is 1. The van der Waals surface area contributed by atoms with Crippen LogP contribution in [0.3, 0.4) is 0 Å². The maximum atomic E-state index is 11.9. The lowest BCUT2D eigenvalue weighted by molar-refractivity contribution is -0.145. The van der Waals surface area contributed by atoms with Crippen molar-refractivity contribution >= 4 is 24.5 Å². The van der Waals surface area contributed by atoms with Crippen LogP contribution < -0.4 is 5.32 Å². The van der Waals surface area contributed by atoms with Crippen LogP contribution in [0.2, 0.25) is 0 Å². The van der Waals surface area contributed by atoms with Gasteiger partial charge in [0, 0.05) is 4.75 Å². The fourth-order valence-corrected chi connectivity index (χ4v) is 1.81. The van der Waals surface area contributed by atoms with Crippen LogP contribution >= 0.6 is 12.6 Å². The Morgan fingerprint density at radius 3 is 2.37 bits per heavy atom.